The Bertz CT molecular complexity index is 742. The Morgan fingerprint density at radius 2 is 1.74 bits per heavy atom. The van der Waals surface area contributed by atoms with Gasteiger partial charge < -0.3 is 24.0 Å². The van der Waals surface area contributed by atoms with Crippen molar-refractivity contribution in [3.8, 4) is 11.5 Å². The summed E-state index contributed by atoms with van der Waals surface area (Å²) in [6.07, 6.45) is 0. The van der Waals surface area contributed by atoms with Crippen molar-refractivity contribution >= 4 is 11.6 Å². The molecule has 1 aliphatic heterocycles. The minimum absolute atomic E-state index is 0.00253. The number of amides is 1. The molecule has 0 aromatic heterocycles. The third-order valence-electron chi connectivity index (χ3n) is 4.60. The van der Waals surface area contributed by atoms with Gasteiger partial charge in [-0.3, -0.25) is 4.79 Å². The Balaban J connectivity index is 1.57. The number of methoxy groups -OCH3 is 1. The number of hydrogen-bond donors (Lipinski definition) is 0. The largest absolute Gasteiger partial charge is 0.497 e. The Morgan fingerprint density at radius 3 is 2.44 bits per heavy atom. The highest BCUT2D eigenvalue weighted by Gasteiger charge is 2.17. The molecule has 6 heteroatoms. The second-order valence-corrected chi connectivity index (χ2v) is 6.44. The molecule has 1 aliphatic rings. The van der Waals surface area contributed by atoms with Crippen molar-refractivity contribution in [1.82, 2.24) is 4.90 Å². The second-order valence-electron chi connectivity index (χ2n) is 6.44. The molecule has 144 valence electrons. The first-order valence-corrected chi connectivity index (χ1v) is 9.09. The number of carbonyl (C=O) groups is 1. The van der Waals surface area contributed by atoms with Crippen LogP contribution in [0.5, 0.6) is 11.5 Å². The fraction of sp³-hybridized carbons (Fsp3) is 0.381. The van der Waals surface area contributed by atoms with Crippen molar-refractivity contribution in [2.45, 2.75) is 6.54 Å². The number of ether oxygens (including phenoxy) is 3. The fourth-order valence-corrected chi connectivity index (χ4v) is 3.03. The number of morpholine rings is 1. The molecule has 0 spiro atoms. The van der Waals surface area contributed by atoms with Crippen LogP contribution in [0.25, 0.3) is 0 Å². The predicted octanol–water partition coefficient (Wildman–Crippen LogP) is 2.57. The van der Waals surface area contributed by atoms with Gasteiger partial charge in [0.1, 0.15) is 11.5 Å². The predicted molar refractivity (Wildman–Crippen MR) is 104 cm³/mol. The van der Waals surface area contributed by atoms with Gasteiger partial charge in [-0.05, 0) is 35.9 Å². The minimum Gasteiger partial charge on any atom is -0.497 e. The van der Waals surface area contributed by atoms with Crippen molar-refractivity contribution in [3.63, 3.8) is 0 Å². The van der Waals surface area contributed by atoms with E-state index in [1.54, 1.807) is 31.2 Å². The highest BCUT2D eigenvalue weighted by molar-refractivity contribution is 5.77. The van der Waals surface area contributed by atoms with Gasteiger partial charge in [0.15, 0.2) is 6.61 Å². The average Bonchev–Trinajstić information content (AvgIpc) is 2.73. The molecule has 6 nitrogen and oxygen atoms in total. The summed E-state index contributed by atoms with van der Waals surface area (Å²) in [6, 6.07) is 15.4. The van der Waals surface area contributed by atoms with E-state index in [0.717, 1.165) is 43.3 Å². The third-order valence-corrected chi connectivity index (χ3v) is 4.60. The second kappa shape index (κ2) is 9.28. The number of carbonyl (C=O) groups excluding carboxylic acids is 1. The van der Waals surface area contributed by atoms with Crippen LogP contribution in [0.1, 0.15) is 5.56 Å². The first kappa shape index (κ1) is 19.0. The average molecular weight is 370 g/mol. The molecule has 1 fully saturated rings. The maximum Gasteiger partial charge on any atom is 0.260 e. The molecular weight excluding hydrogens is 344 g/mol. The normalized spacial score (nSPS) is 13.9. The van der Waals surface area contributed by atoms with Crippen molar-refractivity contribution in [1.29, 1.82) is 0 Å². The van der Waals surface area contributed by atoms with Crippen LogP contribution in [-0.2, 0) is 16.1 Å². The Labute approximate surface area is 160 Å². The molecule has 0 atom stereocenters. The molecule has 2 aromatic carbocycles. The van der Waals surface area contributed by atoms with E-state index in [1.807, 2.05) is 24.3 Å². The SMILES string of the molecule is COc1ccc(OCC(=O)N(C)Cc2ccccc2N2CCOCC2)cc1. The van der Waals surface area contributed by atoms with Crippen molar-refractivity contribution in [3.05, 3.63) is 54.1 Å². The van der Waals surface area contributed by atoms with Gasteiger partial charge in [0.2, 0.25) is 0 Å². The van der Waals surface area contributed by atoms with Gasteiger partial charge >= 0.3 is 0 Å². The monoisotopic (exact) mass is 370 g/mol. The van der Waals surface area contributed by atoms with Crippen LogP contribution < -0.4 is 14.4 Å². The third kappa shape index (κ3) is 5.14. The molecule has 1 amide bonds. The molecule has 1 saturated heterocycles. The summed E-state index contributed by atoms with van der Waals surface area (Å²) in [4.78, 5) is 16.5. The summed E-state index contributed by atoms with van der Waals surface area (Å²) in [6.45, 7) is 3.75. The zero-order valence-corrected chi connectivity index (χ0v) is 15.9. The van der Waals surface area contributed by atoms with Gasteiger partial charge in [0.25, 0.3) is 5.91 Å². The highest BCUT2D eigenvalue weighted by atomic mass is 16.5. The van der Waals surface area contributed by atoms with E-state index in [4.69, 9.17) is 14.2 Å². The molecule has 0 bridgehead atoms. The highest BCUT2D eigenvalue weighted by Crippen LogP contribution is 2.23. The molecule has 3 rings (SSSR count). The van der Waals surface area contributed by atoms with E-state index in [2.05, 4.69) is 17.0 Å². The van der Waals surface area contributed by atoms with E-state index >= 15 is 0 Å². The van der Waals surface area contributed by atoms with Gasteiger partial charge in [-0.15, -0.1) is 0 Å². The fourth-order valence-electron chi connectivity index (χ4n) is 3.03. The van der Waals surface area contributed by atoms with Gasteiger partial charge in [0, 0.05) is 32.4 Å². The summed E-state index contributed by atoms with van der Waals surface area (Å²) in [7, 11) is 3.42. The zero-order chi connectivity index (χ0) is 19.1. The minimum atomic E-state index is -0.0670. The van der Waals surface area contributed by atoms with Crippen LogP contribution in [0.3, 0.4) is 0 Å². The van der Waals surface area contributed by atoms with Crippen LogP contribution in [0.15, 0.2) is 48.5 Å². The summed E-state index contributed by atoms with van der Waals surface area (Å²) >= 11 is 0. The topological polar surface area (TPSA) is 51.2 Å². The van der Waals surface area contributed by atoms with E-state index in [1.165, 1.54) is 0 Å². The van der Waals surface area contributed by atoms with Crippen LogP contribution in [0.4, 0.5) is 5.69 Å². The lowest BCUT2D eigenvalue weighted by molar-refractivity contribution is -0.132. The summed E-state index contributed by atoms with van der Waals surface area (Å²) in [5.41, 5.74) is 2.29. The van der Waals surface area contributed by atoms with Gasteiger partial charge in [-0.2, -0.15) is 0 Å². The van der Waals surface area contributed by atoms with Crippen molar-refractivity contribution < 1.29 is 19.0 Å². The smallest absolute Gasteiger partial charge is 0.260 e. The van der Waals surface area contributed by atoms with E-state index in [9.17, 15) is 4.79 Å². The first-order valence-electron chi connectivity index (χ1n) is 9.09. The van der Waals surface area contributed by atoms with Crippen molar-refractivity contribution in [2.75, 3.05) is 52.0 Å². The van der Waals surface area contributed by atoms with E-state index in [0.29, 0.717) is 12.3 Å². The summed E-state index contributed by atoms with van der Waals surface area (Å²) in [5.74, 6) is 1.33. The molecular formula is C21H26N2O4. The molecule has 0 unspecified atom stereocenters. The van der Waals surface area contributed by atoms with Crippen molar-refractivity contribution in [2.24, 2.45) is 0 Å². The van der Waals surface area contributed by atoms with E-state index < -0.39 is 0 Å². The summed E-state index contributed by atoms with van der Waals surface area (Å²) < 4.78 is 16.2. The standard InChI is InChI=1S/C21H26N2O4/c1-22(21(24)16-27-19-9-7-18(25-2)8-10-19)15-17-5-3-4-6-20(17)23-11-13-26-14-12-23/h3-10H,11-16H2,1-2H3. The Kier molecular flexibility index (Phi) is 6.54. The lowest BCUT2D eigenvalue weighted by Crippen LogP contribution is -2.37. The van der Waals surface area contributed by atoms with Crippen LogP contribution in [0, 0.1) is 0 Å². The maximum absolute atomic E-state index is 12.5. The van der Waals surface area contributed by atoms with E-state index in [-0.39, 0.29) is 12.5 Å². The zero-order valence-electron chi connectivity index (χ0n) is 15.9. The van der Waals surface area contributed by atoms with Gasteiger partial charge in [-0.25, -0.2) is 0 Å². The number of para-hydroxylation sites is 1. The van der Waals surface area contributed by atoms with Gasteiger partial charge in [0.05, 0.1) is 20.3 Å². The number of nitrogens with zero attached hydrogens (tertiary/aromatic N) is 2. The molecule has 2 aromatic rings. The Hall–Kier alpha value is -2.73. The molecule has 27 heavy (non-hydrogen) atoms. The number of benzene rings is 2. The van der Waals surface area contributed by atoms with Crippen LogP contribution in [0.2, 0.25) is 0 Å². The molecule has 0 saturated carbocycles. The van der Waals surface area contributed by atoms with Crippen LogP contribution >= 0.6 is 0 Å². The summed E-state index contributed by atoms with van der Waals surface area (Å²) in [5, 5.41) is 0. The number of hydrogen-bond acceptors (Lipinski definition) is 5. The lowest BCUT2D eigenvalue weighted by atomic mass is 10.1. The lowest BCUT2D eigenvalue weighted by Gasteiger charge is -2.31. The van der Waals surface area contributed by atoms with Crippen LogP contribution in [-0.4, -0.2) is 57.9 Å². The number of anilines is 1. The molecule has 1 heterocycles. The quantitative estimate of drug-likeness (QED) is 0.750. The Morgan fingerprint density at radius 1 is 1.07 bits per heavy atom. The molecule has 0 radical (unpaired) electrons. The first-order chi connectivity index (χ1) is 13.2. The van der Waals surface area contributed by atoms with Gasteiger partial charge in [-0.1, -0.05) is 18.2 Å². The number of rotatable bonds is 7. The molecule has 0 N–H and O–H groups in total. The number of likely N-dealkylation sites (N-methyl/N-ethyl adjacent to an activating group) is 1. The molecule has 0 aliphatic carbocycles. The maximum atomic E-state index is 12.5.